The molecule has 1 aromatic heterocycles. The number of hydrogen-bond acceptors (Lipinski definition) is 7. The van der Waals surface area contributed by atoms with E-state index in [4.69, 9.17) is 4.74 Å². The van der Waals surface area contributed by atoms with Crippen LogP contribution in [-0.2, 0) is 14.3 Å². The Hall–Kier alpha value is -3.23. The third-order valence-corrected chi connectivity index (χ3v) is 4.09. The minimum absolute atomic E-state index is 0.229. The maximum atomic E-state index is 12.9. The Labute approximate surface area is 156 Å². The summed E-state index contributed by atoms with van der Waals surface area (Å²) in [5.41, 5.74) is 2.01. The van der Waals surface area contributed by atoms with E-state index in [0.29, 0.717) is 12.1 Å². The van der Waals surface area contributed by atoms with Gasteiger partial charge in [0, 0.05) is 5.69 Å². The number of anilines is 1. The van der Waals surface area contributed by atoms with Crippen LogP contribution in [0.3, 0.4) is 0 Å². The summed E-state index contributed by atoms with van der Waals surface area (Å²) in [6, 6.07) is 4.82. The lowest BCUT2D eigenvalue weighted by Crippen LogP contribution is -2.29. The molecule has 1 heterocycles. The number of nitrogens with one attached hydrogen (secondary N) is 1. The third kappa shape index (κ3) is 4.13. The number of benzene rings is 1. The van der Waals surface area contributed by atoms with Crippen LogP contribution in [0.1, 0.15) is 51.5 Å². The van der Waals surface area contributed by atoms with Crippen molar-refractivity contribution in [3.63, 3.8) is 0 Å². The largest absolute Gasteiger partial charge is 0.464 e. The molecule has 1 aromatic carbocycles. The quantitative estimate of drug-likeness (QED) is 0.770. The smallest absolute Gasteiger partial charge is 0.361 e. The second kappa shape index (κ2) is 8.43. The molecule has 0 aliphatic carbocycles. The molecule has 0 bridgehead atoms. The lowest BCUT2D eigenvalue weighted by Gasteiger charge is -2.18. The molecule has 0 aliphatic rings. The van der Waals surface area contributed by atoms with E-state index in [0.717, 1.165) is 30.0 Å². The molecule has 0 aliphatic heterocycles. The lowest BCUT2D eigenvalue weighted by molar-refractivity contribution is -0.119. The lowest BCUT2D eigenvalue weighted by atomic mass is 10.1. The summed E-state index contributed by atoms with van der Waals surface area (Å²) in [4.78, 5) is 36.9. The van der Waals surface area contributed by atoms with Crippen LogP contribution in [0, 0.1) is 13.8 Å². The van der Waals surface area contributed by atoms with E-state index in [2.05, 4.69) is 20.4 Å². The van der Waals surface area contributed by atoms with Gasteiger partial charge in [-0.3, -0.25) is 4.79 Å². The van der Waals surface area contributed by atoms with Gasteiger partial charge in [-0.15, -0.1) is 5.10 Å². The molecule has 0 radical (unpaired) electrons. The highest BCUT2D eigenvalue weighted by Crippen LogP contribution is 2.22. The molecule has 0 saturated heterocycles. The van der Waals surface area contributed by atoms with Gasteiger partial charge < -0.3 is 14.8 Å². The summed E-state index contributed by atoms with van der Waals surface area (Å²) in [6.45, 7) is 5.55. The number of methoxy groups -OCH3 is 2. The zero-order chi connectivity index (χ0) is 20.1. The van der Waals surface area contributed by atoms with Crippen LogP contribution in [0.25, 0.3) is 0 Å². The number of carbonyl (C=O) groups is 3. The number of rotatable bonds is 6. The van der Waals surface area contributed by atoms with Crippen molar-refractivity contribution < 1.29 is 23.9 Å². The first kappa shape index (κ1) is 20.1. The first-order valence-electron chi connectivity index (χ1n) is 8.33. The van der Waals surface area contributed by atoms with Crippen LogP contribution in [0.2, 0.25) is 0 Å². The van der Waals surface area contributed by atoms with Crippen molar-refractivity contribution in [1.29, 1.82) is 0 Å². The SMILES string of the molecule is CC[C@@H](C(=O)Nc1cc(C)ccc1C)n1nnc(C(=O)OC)c1C(=O)OC. The topological polar surface area (TPSA) is 112 Å². The number of aromatic nitrogens is 3. The number of ether oxygens (including phenoxy) is 2. The van der Waals surface area contributed by atoms with Crippen molar-refractivity contribution in [3.8, 4) is 0 Å². The Kier molecular flexibility index (Phi) is 6.27. The molecule has 1 atom stereocenters. The first-order valence-corrected chi connectivity index (χ1v) is 8.33. The number of nitrogens with zero attached hydrogens (tertiary/aromatic N) is 3. The second-order valence-corrected chi connectivity index (χ2v) is 5.95. The Morgan fingerprint density at radius 3 is 2.41 bits per heavy atom. The van der Waals surface area contributed by atoms with Crippen molar-refractivity contribution >= 4 is 23.5 Å². The molecule has 0 fully saturated rings. The number of aryl methyl sites for hydroxylation is 2. The van der Waals surface area contributed by atoms with Gasteiger partial charge in [0.15, 0.2) is 5.69 Å². The van der Waals surface area contributed by atoms with Gasteiger partial charge in [-0.25, -0.2) is 14.3 Å². The molecule has 1 N–H and O–H groups in total. The second-order valence-electron chi connectivity index (χ2n) is 5.95. The minimum atomic E-state index is -0.870. The van der Waals surface area contributed by atoms with Gasteiger partial charge in [-0.05, 0) is 37.5 Å². The molecule has 0 saturated carbocycles. The van der Waals surface area contributed by atoms with Crippen molar-refractivity contribution in [3.05, 3.63) is 40.7 Å². The fraction of sp³-hybridized carbons (Fsp3) is 0.389. The van der Waals surface area contributed by atoms with E-state index in [9.17, 15) is 14.4 Å². The van der Waals surface area contributed by atoms with E-state index >= 15 is 0 Å². The summed E-state index contributed by atoms with van der Waals surface area (Å²) in [5, 5.41) is 10.4. The fourth-order valence-corrected chi connectivity index (χ4v) is 2.59. The van der Waals surface area contributed by atoms with Crippen LogP contribution in [0.5, 0.6) is 0 Å². The van der Waals surface area contributed by atoms with E-state index in [-0.39, 0.29) is 11.4 Å². The summed E-state index contributed by atoms with van der Waals surface area (Å²) in [6.07, 6.45) is 0.310. The van der Waals surface area contributed by atoms with Crippen LogP contribution in [-0.4, -0.2) is 47.1 Å². The van der Waals surface area contributed by atoms with Crippen LogP contribution in [0.4, 0.5) is 5.69 Å². The molecule has 0 spiro atoms. The highest BCUT2D eigenvalue weighted by atomic mass is 16.5. The number of esters is 2. The van der Waals surface area contributed by atoms with E-state index < -0.39 is 23.9 Å². The van der Waals surface area contributed by atoms with Gasteiger partial charge in [0.2, 0.25) is 11.6 Å². The number of carbonyl (C=O) groups excluding carboxylic acids is 3. The number of amides is 1. The van der Waals surface area contributed by atoms with Gasteiger partial charge in [0.05, 0.1) is 14.2 Å². The van der Waals surface area contributed by atoms with Crippen molar-refractivity contribution in [2.24, 2.45) is 0 Å². The normalized spacial score (nSPS) is 11.6. The maximum Gasteiger partial charge on any atom is 0.361 e. The molecule has 144 valence electrons. The molecule has 1 amide bonds. The van der Waals surface area contributed by atoms with Gasteiger partial charge in [0.1, 0.15) is 6.04 Å². The average molecular weight is 374 g/mol. The zero-order valence-corrected chi connectivity index (χ0v) is 15.9. The van der Waals surface area contributed by atoms with Crippen molar-refractivity contribution in [2.75, 3.05) is 19.5 Å². The first-order chi connectivity index (χ1) is 12.8. The van der Waals surface area contributed by atoms with Gasteiger partial charge in [0.25, 0.3) is 0 Å². The fourth-order valence-electron chi connectivity index (χ4n) is 2.59. The summed E-state index contributed by atoms with van der Waals surface area (Å²) in [5.74, 6) is -2.07. The Balaban J connectivity index is 2.43. The molecule has 0 unspecified atom stereocenters. The van der Waals surface area contributed by atoms with Crippen molar-refractivity contribution in [2.45, 2.75) is 33.2 Å². The highest BCUT2D eigenvalue weighted by molar-refractivity contribution is 6.01. The van der Waals surface area contributed by atoms with Crippen molar-refractivity contribution in [1.82, 2.24) is 15.0 Å². The van der Waals surface area contributed by atoms with E-state index in [1.54, 1.807) is 6.92 Å². The van der Waals surface area contributed by atoms with Gasteiger partial charge >= 0.3 is 11.9 Å². The molecular formula is C18H22N4O5. The molecule has 9 heteroatoms. The average Bonchev–Trinajstić information content (AvgIpc) is 3.08. The molecule has 27 heavy (non-hydrogen) atoms. The zero-order valence-electron chi connectivity index (χ0n) is 15.9. The Morgan fingerprint density at radius 2 is 1.81 bits per heavy atom. The Bertz CT molecular complexity index is 875. The van der Waals surface area contributed by atoms with Crippen LogP contribution in [0.15, 0.2) is 18.2 Å². The molecule has 9 nitrogen and oxygen atoms in total. The highest BCUT2D eigenvalue weighted by Gasteiger charge is 2.32. The maximum absolute atomic E-state index is 12.9. The Morgan fingerprint density at radius 1 is 1.15 bits per heavy atom. The minimum Gasteiger partial charge on any atom is -0.464 e. The summed E-state index contributed by atoms with van der Waals surface area (Å²) in [7, 11) is 2.32. The summed E-state index contributed by atoms with van der Waals surface area (Å²) >= 11 is 0. The van der Waals surface area contributed by atoms with Gasteiger partial charge in [-0.1, -0.05) is 24.3 Å². The molecule has 2 rings (SSSR count). The third-order valence-electron chi connectivity index (χ3n) is 4.09. The number of hydrogen-bond donors (Lipinski definition) is 1. The molecule has 2 aromatic rings. The van der Waals surface area contributed by atoms with Gasteiger partial charge in [-0.2, -0.15) is 0 Å². The van der Waals surface area contributed by atoms with E-state index in [1.165, 1.54) is 0 Å². The summed E-state index contributed by atoms with van der Waals surface area (Å²) < 4.78 is 10.4. The predicted molar refractivity (Wildman–Crippen MR) is 96.6 cm³/mol. The molecular weight excluding hydrogens is 352 g/mol. The monoisotopic (exact) mass is 374 g/mol. The van der Waals surface area contributed by atoms with Crippen LogP contribution < -0.4 is 5.32 Å². The van der Waals surface area contributed by atoms with E-state index in [1.807, 2.05) is 32.0 Å². The van der Waals surface area contributed by atoms with Crippen LogP contribution >= 0.6 is 0 Å². The standard InChI is InChI=1S/C18H22N4O5/c1-6-13(16(23)19-12-9-10(2)7-8-11(12)3)22-15(18(25)27-5)14(20-21-22)17(24)26-4/h7-9,13H,6H2,1-5H3,(H,19,23)/t13-/m0/s1. The predicted octanol–water partition coefficient (Wildman–Crippen LogP) is 2.06.